The van der Waals surface area contributed by atoms with E-state index in [0.29, 0.717) is 6.07 Å². The number of pyridine rings is 1. The Bertz CT molecular complexity index is 940. The van der Waals surface area contributed by atoms with Crippen LogP contribution in [0.4, 0.5) is 23.7 Å². The number of halogens is 4. The van der Waals surface area contributed by atoms with E-state index < -0.39 is 51.7 Å². The number of nitrogens with one attached hydrogen (secondary N) is 3. The number of rotatable bonds is 4. The maximum atomic E-state index is 12.8. The molecule has 154 valence electrons. The second kappa shape index (κ2) is 8.77. The molecule has 0 aliphatic rings. The maximum absolute atomic E-state index is 12.8. The van der Waals surface area contributed by atoms with Crippen molar-refractivity contribution in [2.45, 2.75) is 12.2 Å². The summed E-state index contributed by atoms with van der Waals surface area (Å²) in [6.45, 7) is 0. The van der Waals surface area contributed by atoms with Crippen molar-refractivity contribution >= 4 is 39.5 Å². The van der Waals surface area contributed by atoms with E-state index in [0.717, 1.165) is 0 Å². The van der Waals surface area contributed by atoms with Gasteiger partial charge in [-0.05, 0) is 27.6 Å². The van der Waals surface area contributed by atoms with Gasteiger partial charge in [0.15, 0.2) is 5.69 Å². The second-order valence-electron chi connectivity index (χ2n) is 5.50. The number of carboxylic acid groups (broad SMARTS) is 1. The molecule has 6 N–H and O–H groups in total. The molecule has 0 fully saturated rings. The Morgan fingerprint density at radius 3 is 2.31 bits per heavy atom. The molecule has 0 aliphatic heterocycles. The molecule has 0 bridgehead atoms. The first-order valence-corrected chi connectivity index (χ1v) is 8.47. The van der Waals surface area contributed by atoms with Crippen LogP contribution in [0.3, 0.4) is 0 Å². The molecule has 2 aromatic rings. The molecule has 1 heterocycles. The van der Waals surface area contributed by atoms with Crippen molar-refractivity contribution in [3.63, 3.8) is 0 Å². The van der Waals surface area contributed by atoms with Gasteiger partial charge in [-0.3, -0.25) is 20.4 Å². The molecule has 3 amide bonds. The number of carbonyl (C=O) groups excluding carboxylic acids is 2. The lowest BCUT2D eigenvalue weighted by Crippen LogP contribution is -2.48. The summed E-state index contributed by atoms with van der Waals surface area (Å²) in [5.74, 6) is -2.05. The molecule has 0 aliphatic carbocycles. The average Bonchev–Trinajstić information content (AvgIpc) is 2.65. The van der Waals surface area contributed by atoms with Crippen molar-refractivity contribution < 1.29 is 32.7 Å². The number of alkyl halides is 3. The van der Waals surface area contributed by atoms with E-state index in [1.54, 1.807) is 18.2 Å². The number of hydrogen-bond donors (Lipinski definition) is 5. The fraction of sp³-hybridized carbons (Fsp3) is 0.125. The van der Waals surface area contributed by atoms with Crippen molar-refractivity contribution in [3.8, 4) is 0 Å². The van der Waals surface area contributed by atoms with Crippen LogP contribution < -0.4 is 21.9 Å². The first-order chi connectivity index (χ1) is 13.5. The lowest BCUT2D eigenvalue weighted by Gasteiger charge is -2.18. The van der Waals surface area contributed by atoms with Crippen LogP contribution in [-0.2, 0) is 11.0 Å². The summed E-state index contributed by atoms with van der Waals surface area (Å²) in [5, 5.41) is 10.9. The second-order valence-corrected chi connectivity index (χ2v) is 6.25. The van der Waals surface area contributed by atoms with Crippen molar-refractivity contribution in [1.29, 1.82) is 0 Å². The Morgan fingerprint density at radius 2 is 1.76 bits per heavy atom. The highest BCUT2D eigenvalue weighted by atomic mass is 79.9. The largest absolute Gasteiger partial charge is 0.465 e. The van der Waals surface area contributed by atoms with Gasteiger partial charge in [0.05, 0.1) is 11.3 Å². The van der Waals surface area contributed by atoms with E-state index in [1.165, 1.54) is 12.1 Å². The van der Waals surface area contributed by atoms with E-state index in [-0.39, 0.29) is 5.56 Å². The van der Waals surface area contributed by atoms with Gasteiger partial charge < -0.3 is 16.2 Å². The summed E-state index contributed by atoms with van der Waals surface area (Å²) in [7, 11) is 0. The van der Waals surface area contributed by atoms with Crippen LogP contribution in [0, 0.1) is 0 Å². The van der Waals surface area contributed by atoms with Gasteiger partial charge in [0, 0.05) is 0 Å². The molecule has 29 heavy (non-hydrogen) atoms. The third-order valence-corrected chi connectivity index (χ3v) is 4.09. The van der Waals surface area contributed by atoms with Crippen LogP contribution >= 0.6 is 15.9 Å². The predicted octanol–water partition coefficient (Wildman–Crippen LogP) is 2.21. The molecule has 1 unspecified atom stereocenters. The Morgan fingerprint density at radius 1 is 1.14 bits per heavy atom. The molecule has 1 aromatic carbocycles. The Balaban J connectivity index is 2.16. The highest BCUT2D eigenvalue weighted by Crippen LogP contribution is 2.35. The number of carbonyl (C=O) groups is 3. The monoisotopic (exact) mass is 475 g/mol. The van der Waals surface area contributed by atoms with Crippen molar-refractivity contribution in [2.24, 2.45) is 0 Å². The first-order valence-electron chi connectivity index (χ1n) is 7.68. The molecule has 0 spiro atoms. The molecule has 0 saturated carbocycles. The zero-order valence-corrected chi connectivity index (χ0v) is 15.8. The smallest absolute Gasteiger partial charge is 0.419 e. The third-order valence-electron chi connectivity index (χ3n) is 3.49. The fourth-order valence-corrected chi connectivity index (χ4v) is 2.72. The van der Waals surface area contributed by atoms with E-state index in [1.807, 2.05) is 16.2 Å². The zero-order chi connectivity index (χ0) is 21.8. The predicted molar refractivity (Wildman–Crippen MR) is 97.3 cm³/mol. The normalized spacial score (nSPS) is 12.0. The molecule has 9 nitrogen and oxygen atoms in total. The SMILES string of the molecule is Nc1cc(C(F)(F)F)c(Br)nc1C(=O)NNC(=O)C(NC(=O)O)c1ccccc1. The number of aromatic nitrogens is 1. The number of anilines is 1. The molecule has 13 heteroatoms. The van der Waals surface area contributed by atoms with Crippen molar-refractivity contribution in [2.75, 3.05) is 5.73 Å². The first kappa shape index (κ1) is 21.9. The summed E-state index contributed by atoms with van der Waals surface area (Å²) in [6, 6.07) is 6.91. The number of hydrazine groups is 1. The molecule has 1 atom stereocenters. The van der Waals surface area contributed by atoms with Crippen LogP contribution in [0.1, 0.15) is 27.7 Å². The molecule has 0 saturated heterocycles. The highest BCUT2D eigenvalue weighted by molar-refractivity contribution is 9.10. The Kier molecular flexibility index (Phi) is 6.64. The van der Waals surface area contributed by atoms with Gasteiger partial charge in [-0.1, -0.05) is 30.3 Å². The lowest BCUT2D eigenvalue weighted by molar-refractivity contribution is -0.138. The standard InChI is InChI=1S/C16H13BrF3N5O4/c17-12-8(16(18,19)20)6-9(21)11(22-12)14(27)25-24-13(26)10(23-15(28)29)7-4-2-1-3-5-7/h1-6,10,23H,21H2,(H,24,26)(H,25,27)(H,28,29). The van der Waals surface area contributed by atoms with Crippen LogP contribution in [-0.4, -0.2) is 28.0 Å². The van der Waals surface area contributed by atoms with Gasteiger partial charge in [0.2, 0.25) is 0 Å². The Labute approximate surface area is 169 Å². The van der Waals surface area contributed by atoms with Crippen LogP contribution in [0.2, 0.25) is 0 Å². The van der Waals surface area contributed by atoms with Gasteiger partial charge in [0.25, 0.3) is 11.8 Å². The van der Waals surface area contributed by atoms with Gasteiger partial charge in [-0.15, -0.1) is 0 Å². The maximum Gasteiger partial charge on any atom is 0.419 e. The van der Waals surface area contributed by atoms with E-state index in [2.05, 4.69) is 20.9 Å². The van der Waals surface area contributed by atoms with Crippen LogP contribution in [0.25, 0.3) is 0 Å². The molecule has 0 radical (unpaired) electrons. The summed E-state index contributed by atoms with van der Waals surface area (Å²) < 4.78 is 37.8. The fourth-order valence-electron chi connectivity index (χ4n) is 2.21. The zero-order valence-electron chi connectivity index (χ0n) is 14.2. The van der Waals surface area contributed by atoms with Gasteiger partial charge in [-0.25, -0.2) is 9.78 Å². The van der Waals surface area contributed by atoms with E-state index in [4.69, 9.17) is 10.8 Å². The number of hydrogen-bond acceptors (Lipinski definition) is 5. The molecular formula is C16H13BrF3N5O4. The van der Waals surface area contributed by atoms with Crippen molar-refractivity contribution in [1.82, 2.24) is 21.2 Å². The van der Waals surface area contributed by atoms with Gasteiger partial charge >= 0.3 is 12.3 Å². The van der Waals surface area contributed by atoms with Crippen LogP contribution in [0.15, 0.2) is 41.0 Å². The number of nitrogen functional groups attached to an aromatic ring is 1. The average molecular weight is 476 g/mol. The number of benzene rings is 1. The minimum absolute atomic E-state index is 0.288. The third kappa shape index (κ3) is 5.57. The van der Waals surface area contributed by atoms with Crippen molar-refractivity contribution in [3.05, 3.63) is 57.8 Å². The Hall–Kier alpha value is -3.35. The lowest BCUT2D eigenvalue weighted by atomic mass is 10.1. The minimum atomic E-state index is -4.74. The minimum Gasteiger partial charge on any atom is -0.465 e. The summed E-state index contributed by atoms with van der Waals surface area (Å²) in [4.78, 5) is 38.9. The van der Waals surface area contributed by atoms with E-state index >= 15 is 0 Å². The quantitative estimate of drug-likeness (QED) is 0.338. The number of amides is 3. The number of nitrogens with two attached hydrogens (primary N) is 1. The summed E-state index contributed by atoms with van der Waals surface area (Å²) in [6.07, 6.45) is -6.23. The number of nitrogens with zero attached hydrogens (tertiary/aromatic N) is 1. The summed E-state index contributed by atoms with van der Waals surface area (Å²) >= 11 is 2.62. The molecular weight excluding hydrogens is 463 g/mol. The van der Waals surface area contributed by atoms with Crippen LogP contribution in [0.5, 0.6) is 0 Å². The molecule has 1 aromatic heterocycles. The van der Waals surface area contributed by atoms with Gasteiger partial charge in [-0.2, -0.15) is 13.2 Å². The van der Waals surface area contributed by atoms with E-state index in [9.17, 15) is 27.6 Å². The summed E-state index contributed by atoms with van der Waals surface area (Å²) in [5.41, 5.74) is 7.34. The molecule has 2 rings (SSSR count). The highest BCUT2D eigenvalue weighted by Gasteiger charge is 2.35. The van der Waals surface area contributed by atoms with Gasteiger partial charge in [0.1, 0.15) is 10.6 Å². The topological polar surface area (TPSA) is 146 Å².